The molecule has 1 heterocycles. The quantitative estimate of drug-likeness (QED) is 0.300. The molecule has 1 amide bonds. The number of rotatable bonds is 8. The summed E-state index contributed by atoms with van der Waals surface area (Å²) in [5.74, 6) is 0.952. The summed E-state index contributed by atoms with van der Waals surface area (Å²) in [7, 11) is 0. The Labute approximate surface area is 195 Å². The number of aliphatic hydroxyl groups is 1. The number of thioether (sulfide) groups is 1. The van der Waals surface area contributed by atoms with Gasteiger partial charge >= 0.3 is 0 Å². The lowest BCUT2D eigenvalue weighted by Gasteiger charge is -2.15. The number of amides is 1. The molecule has 0 spiro atoms. The van der Waals surface area contributed by atoms with Crippen LogP contribution in [0.15, 0.2) is 88.8 Å². The SMILES string of the molecule is C[C@H](O)Cn1c(SCC(=O)Nc2ccccc2Oc2ccccc2)nc2ccccc2c1=O. The predicted molar refractivity (Wildman–Crippen MR) is 130 cm³/mol. The number of carbonyl (C=O) groups is 1. The standard InChI is InChI=1S/C25H23N3O4S/c1-17(29)15-28-24(31)19-11-5-6-12-20(19)27-25(28)33-16-23(30)26-21-13-7-8-14-22(21)32-18-9-3-2-4-10-18/h2-14,17,29H,15-16H2,1H3,(H,26,30)/t17-/m0/s1. The van der Waals surface area contributed by atoms with Crippen LogP contribution in [0.5, 0.6) is 11.5 Å². The molecule has 4 rings (SSSR count). The Kier molecular flexibility index (Phi) is 7.07. The maximum absolute atomic E-state index is 12.9. The molecule has 0 bridgehead atoms. The third kappa shape index (κ3) is 5.60. The highest BCUT2D eigenvalue weighted by atomic mass is 32.2. The van der Waals surface area contributed by atoms with Crippen LogP contribution in [-0.4, -0.2) is 32.4 Å². The van der Waals surface area contributed by atoms with Gasteiger partial charge in [0.15, 0.2) is 10.9 Å². The Morgan fingerprint density at radius 2 is 1.76 bits per heavy atom. The summed E-state index contributed by atoms with van der Waals surface area (Å²) in [4.78, 5) is 30.2. The molecule has 2 N–H and O–H groups in total. The van der Waals surface area contributed by atoms with E-state index in [1.54, 1.807) is 43.3 Å². The van der Waals surface area contributed by atoms with Crippen molar-refractivity contribution in [3.8, 4) is 11.5 Å². The van der Waals surface area contributed by atoms with Crippen LogP contribution < -0.4 is 15.6 Å². The number of hydrogen-bond donors (Lipinski definition) is 2. The Morgan fingerprint density at radius 3 is 2.55 bits per heavy atom. The van der Waals surface area contributed by atoms with E-state index in [4.69, 9.17) is 4.74 Å². The minimum absolute atomic E-state index is 0.0320. The number of aliphatic hydroxyl groups excluding tert-OH is 1. The van der Waals surface area contributed by atoms with Crippen molar-refractivity contribution in [2.45, 2.75) is 24.7 Å². The summed E-state index contributed by atoms with van der Waals surface area (Å²) in [6.07, 6.45) is -0.735. The van der Waals surface area contributed by atoms with E-state index in [1.165, 1.54) is 4.57 Å². The van der Waals surface area contributed by atoms with Crippen molar-refractivity contribution in [1.29, 1.82) is 0 Å². The Morgan fingerprint density at radius 1 is 1.06 bits per heavy atom. The maximum atomic E-state index is 12.9. The van der Waals surface area contributed by atoms with Crippen LogP contribution in [0.4, 0.5) is 5.69 Å². The van der Waals surface area contributed by atoms with Crippen LogP contribution >= 0.6 is 11.8 Å². The fraction of sp³-hybridized carbons (Fsp3) is 0.160. The zero-order valence-corrected chi connectivity index (χ0v) is 18.8. The van der Waals surface area contributed by atoms with Gasteiger partial charge in [0.05, 0.1) is 35.0 Å². The Hall–Kier alpha value is -3.62. The minimum Gasteiger partial charge on any atom is -0.455 e. The van der Waals surface area contributed by atoms with E-state index in [9.17, 15) is 14.7 Å². The van der Waals surface area contributed by atoms with Gasteiger partial charge in [-0.3, -0.25) is 14.2 Å². The zero-order valence-electron chi connectivity index (χ0n) is 18.0. The summed E-state index contributed by atoms with van der Waals surface area (Å²) >= 11 is 1.14. The minimum atomic E-state index is -0.735. The lowest BCUT2D eigenvalue weighted by atomic mass is 10.2. The van der Waals surface area contributed by atoms with Crippen LogP contribution in [0, 0.1) is 0 Å². The summed E-state index contributed by atoms with van der Waals surface area (Å²) in [6.45, 7) is 1.70. The number of nitrogens with zero attached hydrogens (tertiary/aromatic N) is 2. The second-order valence-electron chi connectivity index (χ2n) is 7.42. The first-order valence-electron chi connectivity index (χ1n) is 10.4. The fourth-order valence-electron chi connectivity index (χ4n) is 3.27. The van der Waals surface area contributed by atoms with Crippen molar-refractivity contribution in [2.75, 3.05) is 11.1 Å². The first-order chi connectivity index (χ1) is 16.0. The number of benzene rings is 3. The third-order valence-corrected chi connectivity index (χ3v) is 5.71. The van der Waals surface area contributed by atoms with E-state index >= 15 is 0 Å². The van der Waals surface area contributed by atoms with E-state index in [1.807, 2.05) is 42.5 Å². The van der Waals surface area contributed by atoms with E-state index in [0.717, 1.165) is 11.8 Å². The van der Waals surface area contributed by atoms with Gasteiger partial charge in [0.1, 0.15) is 5.75 Å². The highest BCUT2D eigenvalue weighted by Gasteiger charge is 2.15. The molecule has 0 saturated heterocycles. The van der Waals surface area contributed by atoms with Crippen molar-refractivity contribution >= 4 is 34.3 Å². The smallest absolute Gasteiger partial charge is 0.262 e. The molecule has 4 aromatic rings. The van der Waals surface area contributed by atoms with Gasteiger partial charge in [0, 0.05) is 0 Å². The van der Waals surface area contributed by atoms with Crippen molar-refractivity contribution in [3.05, 3.63) is 89.2 Å². The summed E-state index contributed by atoms with van der Waals surface area (Å²) in [5, 5.41) is 13.6. The van der Waals surface area contributed by atoms with Gasteiger partial charge in [-0.15, -0.1) is 0 Å². The monoisotopic (exact) mass is 461 g/mol. The van der Waals surface area contributed by atoms with E-state index in [-0.39, 0.29) is 23.8 Å². The van der Waals surface area contributed by atoms with Crippen LogP contribution in [0.2, 0.25) is 0 Å². The number of para-hydroxylation sites is 4. The molecule has 0 unspecified atom stereocenters. The average molecular weight is 462 g/mol. The van der Waals surface area contributed by atoms with Crippen LogP contribution in [-0.2, 0) is 11.3 Å². The molecule has 0 radical (unpaired) electrons. The number of carbonyl (C=O) groups excluding carboxylic acids is 1. The lowest BCUT2D eigenvalue weighted by Crippen LogP contribution is -2.28. The van der Waals surface area contributed by atoms with Crippen LogP contribution in [0.1, 0.15) is 6.92 Å². The van der Waals surface area contributed by atoms with Crippen molar-refractivity contribution in [3.63, 3.8) is 0 Å². The van der Waals surface area contributed by atoms with Crippen LogP contribution in [0.25, 0.3) is 10.9 Å². The van der Waals surface area contributed by atoms with Gasteiger partial charge in [0.25, 0.3) is 5.56 Å². The Bertz CT molecular complexity index is 1320. The Balaban J connectivity index is 1.51. The molecule has 8 heteroatoms. The molecule has 1 aromatic heterocycles. The fourth-order valence-corrected chi connectivity index (χ4v) is 4.08. The molecule has 3 aromatic carbocycles. The number of ether oxygens (including phenoxy) is 1. The molecule has 1 atom stereocenters. The number of hydrogen-bond acceptors (Lipinski definition) is 6. The molecular formula is C25H23N3O4S. The molecule has 0 aliphatic carbocycles. The molecular weight excluding hydrogens is 438 g/mol. The molecule has 168 valence electrons. The van der Waals surface area contributed by atoms with Gasteiger partial charge in [0.2, 0.25) is 5.91 Å². The van der Waals surface area contributed by atoms with Gasteiger partial charge in [-0.25, -0.2) is 4.98 Å². The number of nitrogens with one attached hydrogen (secondary N) is 1. The molecule has 0 aliphatic heterocycles. The predicted octanol–water partition coefficient (Wildman–Crippen LogP) is 4.30. The lowest BCUT2D eigenvalue weighted by molar-refractivity contribution is -0.113. The molecule has 0 aliphatic rings. The van der Waals surface area contributed by atoms with E-state index in [0.29, 0.717) is 33.2 Å². The zero-order chi connectivity index (χ0) is 23.2. The maximum Gasteiger partial charge on any atom is 0.262 e. The second-order valence-corrected chi connectivity index (χ2v) is 8.37. The molecule has 0 saturated carbocycles. The topological polar surface area (TPSA) is 93.5 Å². The van der Waals surface area contributed by atoms with Gasteiger partial charge in [-0.05, 0) is 43.3 Å². The first kappa shape index (κ1) is 22.6. The number of aromatic nitrogens is 2. The highest BCUT2D eigenvalue weighted by molar-refractivity contribution is 7.99. The molecule has 7 nitrogen and oxygen atoms in total. The van der Waals surface area contributed by atoms with Gasteiger partial charge in [-0.2, -0.15) is 0 Å². The number of anilines is 1. The second kappa shape index (κ2) is 10.3. The summed E-state index contributed by atoms with van der Waals surface area (Å²) in [6, 6.07) is 23.5. The van der Waals surface area contributed by atoms with Crippen molar-refractivity contribution in [2.24, 2.45) is 0 Å². The highest BCUT2D eigenvalue weighted by Crippen LogP contribution is 2.29. The van der Waals surface area contributed by atoms with Crippen LogP contribution in [0.3, 0.4) is 0 Å². The largest absolute Gasteiger partial charge is 0.455 e. The normalized spacial score (nSPS) is 11.8. The molecule has 33 heavy (non-hydrogen) atoms. The molecule has 0 fully saturated rings. The van der Waals surface area contributed by atoms with E-state index in [2.05, 4.69) is 10.3 Å². The summed E-state index contributed by atoms with van der Waals surface area (Å²) in [5.41, 5.74) is 0.847. The van der Waals surface area contributed by atoms with Gasteiger partial charge in [-0.1, -0.05) is 54.2 Å². The van der Waals surface area contributed by atoms with Gasteiger partial charge < -0.3 is 15.2 Å². The van der Waals surface area contributed by atoms with E-state index < -0.39 is 6.10 Å². The average Bonchev–Trinajstić information content (AvgIpc) is 2.81. The van der Waals surface area contributed by atoms with Crippen molar-refractivity contribution < 1.29 is 14.6 Å². The number of fused-ring (bicyclic) bond motifs is 1. The summed E-state index contributed by atoms with van der Waals surface area (Å²) < 4.78 is 7.31. The van der Waals surface area contributed by atoms with Crippen molar-refractivity contribution in [1.82, 2.24) is 9.55 Å². The first-order valence-corrected chi connectivity index (χ1v) is 11.4. The third-order valence-electron chi connectivity index (χ3n) is 4.74.